The van der Waals surface area contributed by atoms with Crippen molar-refractivity contribution in [1.29, 1.82) is 0 Å². The lowest BCUT2D eigenvalue weighted by molar-refractivity contribution is 0.404. The zero-order chi connectivity index (χ0) is 14.4. The molecule has 0 saturated carbocycles. The Morgan fingerprint density at radius 2 is 1.85 bits per heavy atom. The molecule has 0 bridgehead atoms. The maximum atomic E-state index is 5.70. The van der Waals surface area contributed by atoms with E-state index in [4.69, 9.17) is 15.3 Å². The fourth-order valence-corrected chi connectivity index (χ4v) is 2.22. The first-order chi connectivity index (χ1) is 9.78. The molecule has 20 heavy (non-hydrogen) atoms. The van der Waals surface area contributed by atoms with Crippen LogP contribution in [0.15, 0.2) is 48.5 Å². The second-order valence-corrected chi connectivity index (χ2v) is 4.51. The Bertz CT molecular complexity index is 558. The van der Waals surface area contributed by atoms with Crippen LogP contribution in [0.5, 0.6) is 11.5 Å². The van der Waals surface area contributed by atoms with Crippen LogP contribution in [0.25, 0.3) is 0 Å². The van der Waals surface area contributed by atoms with Crippen LogP contribution >= 0.6 is 0 Å². The van der Waals surface area contributed by atoms with E-state index < -0.39 is 0 Å². The van der Waals surface area contributed by atoms with Crippen molar-refractivity contribution in [2.75, 3.05) is 14.2 Å². The molecule has 0 spiro atoms. The van der Waals surface area contributed by atoms with Gasteiger partial charge in [0.2, 0.25) is 0 Å². The van der Waals surface area contributed by atoms with E-state index in [0.29, 0.717) is 0 Å². The predicted octanol–water partition coefficient (Wildman–Crippen LogP) is 2.45. The van der Waals surface area contributed by atoms with Gasteiger partial charge in [0.25, 0.3) is 0 Å². The van der Waals surface area contributed by atoms with Crippen molar-refractivity contribution in [2.24, 2.45) is 5.84 Å². The summed E-state index contributed by atoms with van der Waals surface area (Å²) in [6.45, 7) is 0. The Labute approximate surface area is 119 Å². The molecule has 0 radical (unpaired) electrons. The van der Waals surface area contributed by atoms with Gasteiger partial charge in [-0.05, 0) is 35.7 Å². The van der Waals surface area contributed by atoms with Crippen LogP contribution < -0.4 is 20.7 Å². The lowest BCUT2D eigenvalue weighted by Gasteiger charge is -2.18. The molecule has 0 aliphatic carbocycles. The Hall–Kier alpha value is -2.04. The summed E-state index contributed by atoms with van der Waals surface area (Å²) < 4.78 is 10.6. The second-order valence-electron chi connectivity index (χ2n) is 4.51. The van der Waals surface area contributed by atoms with Crippen LogP contribution in [0.1, 0.15) is 17.2 Å². The van der Waals surface area contributed by atoms with Gasteiger partial charge in [0, 0.05) is 0 Å². The number of hydrazine groups is 1. The van der Waals surface area contributed by atoms with E-state index in [0.717, 1.165) is 29.0 Å². The largest absolute Gasteiger partial charge is 0.497 e. The highest BCUT2D eigenvalue weighted by molar-refractivity contribution is 5.36. The molecule has 3 N–H and O–H groups in total. The highest BCUT2D eigenvalue weighted by Gasteiger charge is 2.13. The maximum Gasteiger partial charge on any atom is 0.122 e. The number of nitrogens with two attached hydrogens (primary N) is 1. The topological polar surface area (TPSA) is 56.5 Å². The van der Waals surface area contributed by atoms with Crippen LogP contribution in [-0.4, -0.2) is 14.2 Å². The minimum atomic E-state index is 0.00130. The molecule has 2 rings (SSSR count). The normalized spacial score (nSPS) is 11.9. The van der Waals surface area contributed by atoms with E-state index in [-0.39, 0.29) is 6.04 Å². The molecular formula is C16H20N2O2. The van der Waals surface area contributed by atoms with Gasteiger partial charge in [-0.25, -0.2) is 0 Å². The smallest absolute Gasteiger partial charge is 0.122 e. The molecule has 0 fully saturated rings. The van der Waals surface area contributed by atoms with Crippen molar-refractivity contribution in [1.82, 2.24) is 5.43 Å². The Morgan fingerprint density at radius 3 is 2.55 bits per heavy atom. The van der Waals surface area contributed by atoms with E-state index in [1.165, 1.54) is 0 Å². The van der Waals surface area contributed by atoms with Gasteiger partial charge in [0.1, 0.15) is 11.5 Å². The number of nitrogens with one attached hydrogen (secondary N) is 1. The highest BCUT2D eigenvalue weighted by atomic mass is 16.5. The van der Waals surface area contributed by atoms with Crippen molar-refractivity contribution < 1.29 is 9.47 Å². The van der Waals surface area contributed by atoms with Crippen LogP contribution in [0.2, 0.25) is 0 Å². The second kappa shape index (κ2) is 6.93. The van der Waals surface area contributed by atoms with Gasteiger partial charge < -0.3 is 9.47 Å². The number of para-hydroxylation sites is 1. The fraction of sp³-hybridized carbons (Fsp3) is 0.250. The lowest BCUT2D eigenvalue weighted by Crippen LogP contribution is -2.29. The summed E-state index contributed by atoms with van der Waals surface area (Å²) in [5.74, 6) is 7.40. The average molecular weight is 272 g/mol. The number of ether oxygens (including phenoxy) is 2. The quantitative estimate of drug-likeness (QED) is 0.626. The Balaban J connectivity index is 2.24. The molecule has 4 heteroatoms. The number of benzene rings is 2. The van der Waals surface area contributed by atoms with Gasteiger partial charge in [-0.1, -0.05) is 30.3 Å². The molecular weight excluding hydrogens is 252 g/mol. The van der Waals surface area contributed by atoms with Crippen molar-refractivity contribution in [2.45, 2.75) is 12.5 Å². The van der Waals surface area contributed by atoms with E-state index >= 15 is 0 Å². The molecule has 2 aromatic carbocycles. The lowest BCUT2D eigenvalue weighted by atomic mass is 9.98. The molecule has 2 aromatic rings. The van der Waals surface area contributed by atoms with Crippen molar-refractivity contribution in [3.63, 3.8) is 0 Å². The molecule has 1 unspecified atom stereocenters. The van der Waals surface area contributed by atoms with E-state index in [1.807, 2.05) is 48.5 Å². The van der Waals surface area contributed by atoms with E-state index in [1.54, 1.807) is 14.2 Å². The highest BCUT2D eigenvalue weighted by Crippen LogP contribution is 2.26. The Morgan fingerprint density at radius 1 is 1.05 bits per heavy atom. The van der Waals surface area contributed by atoms with Gasteiger partial charge in [-0.3, -0.25) is 11.3 Å². The molecule has 0 heterocycles. The summed E-state index contributed by atoms with van der Waals surface area (Å²) in [4.78, 5) is 0. The first-order valence-electron chi connectivity index (χ1n) is 6.50. The van der Waals surface area contributed by atoms with Crippen molar-refractivity contribution >= 4 is 0 Å². The van der Waals surface area contributed by atoms with Gasteiger partial charge >= 0.3 is 0 Å². The Kier molecular flexibility index (Phi) is 4.98. The number of methoxy groups -OCH3 is 2. The summed E-state index contributed by atoms with van der Waals surface area (Å²) >= 11 is 0. The predicted molar refractivity (Wildman–Crippen MR) is 79.8 cm³/mol. The summed E-state index contributed by atoms with van der Waals surface area (Å²) in [6, 6.07) is 15.8. The van der Waals surface area contributed by atoms with Crippen LogP contribution in [0.4, 0.5) is 0 Å². The zero-order valence-corrected chi connectivity index (χ0v) is 11.8. The monoisotopic (exact) mass is 272 g/mol. The van der Waals surface area contributed by atoms with Gasteiger partial charge in [-0.2, -0.15) is 0 Å². The summed E-state index contributed by atoms with van der Waals surface area (Å²) in [6.07, 6.45) is 0.744. The first kappa shape index (κ1) is 14.4. The number of rotatable bonds is 6. The summed E-state index contributed by atoms with van der Waals surface area (Å²) in [5, 5.41) is 0. The van der Waals surface area contributed by atoms with E-state index in [9.17, 15) is 0 Å². The third-order valence-corrected chi connectivity index (χ3v) is 3.31. The molecule has 0 saturated heterocycles. The third-order valence-electron chi connectivity index (χ3n) is 3.31. The molecule has 4 nitrogen and oxygen atoms in total. The minimum absolute atomic E-state index is 0.00130. The molecule has 0 amide bonds. The van der Waals surface area contributed by atoms with Gasteiger partial charge in [-0.15, -0.1) is 0 Å². The summed E-state index contributed by atoms with van der Waals surface area (Å²) in [7, 11) is 3.33. The van der Waals surface area contributed by atoms with Crippen LogP contribution in [-0.2, 0) is 6.42 Å². The molecule has 1 atom stereocenters. The van der Waals surface area contributed by atoms with Crippen molar-refractivity contribution in [3.05, 3.63) is 59.7 Å². The SMILES string of the molecule is COc1cccc(C(Cc2ccccc2OC)NN)c1. The maximum absolute atomic E-state index is 5.70. The standard InChI is InChI=1S/C16H20N2O2/c1-19-14-8-5-7-12(10-14)15(18-17)11-13-6-3-4-9-16(13)20-2/h3-10,15,18H,11,17H2,1-2H3. The van der Waals surface area contributed by atoms with Crippen LogP contribution in [0.3, 0.4) is 0 Å². The van der Waals surface area contributed by atoms with E-state index in [2.05, 4.69) is 5.43 Å². The average Bonchev–Trinajstić information content (AvgIpc) is 2.53. The first-order valence-corrected chi connectivity index (χ1v) is 6.50. The van der Waals surface area contributed by atoms with Gasteiger partial charge in [0.05, 0.1) is 20.3 Å². The molecule has 0 aliphatic rings. The number of hydrogen-bond donors (Lipinski definition) is 2. The third kappa shape index (κ3) is 3.29. The minimum Gasteiger partial charge on any atom is -0.497 e. The molecule has 0 aliphatic heterocycles. The van der Waals surface area contributed by atoms with Gasteiger partial charge in [0.15, 0.2) is 0 Å². The fourth-order valence-electron chi connectivity index (χ4n) is 2.22. The van der Waals surface area contributed by atoms with Crippen LogP contribution in [0, 0.1) is 0 Å². The molecule has 0 aromatic heterocycles. The number of hydrogen-bond acceptors (Lipinski definition) is 4. The molecule has 106 valence electrons. The summed E-state index contributed by atoms with van der Waals surface area (Å²) in [5.41, 5.74) is 5.05. The zero-order valence-electron chi connectivity index (χ0n) is 11.8. The van der Waals surface area contributed by atoms with Crippen molar-refractivity contribution in [3.8, 4) is 11.5 Å².